The number of piperazine rings is 1. The van der Waals surface area contributed by atoms with Crippen molar-refractivity contribution in [1.29, 1.82) is 0 Å². The number of benzene rings is 2. The van der Waals surface area contributed by atoms with E-state index in [0.29, 0.717) is 6.04 Å². The Bertz CT molecular complexity index is 609. The summed E-state index contributed by atoms with van der Waals surface area (Å²) in [5.41, 5.74) is 4.16. The van der Waals surface area contributed by atoms with E-state index in [-0.39, 0.29) is 0 Å². The summed E-state index contributed by atoms with van der Waals surface area (Å²) in [6, 6.07) is 20.3. The third kappa shape index (κ3) is 3.40. The van der Waals surface area contributed by atoms with Gasteiger partial charge in [0.15, 0.2) is 0 Å². The first-order chi connectivity index (χ1) is 10.6. The smallest absolute Gasteiger partial charge is 0.0912 e. The molecule has 0 bridgehead atoms. The van der Waals surface area contributed by atoms with Gasteiger partial charge in [-0.1, -0.05) is 60.2 Å². The van der Waals surface area contributed by atoms with Gasteiger partial charge in [-0.2, -0.15) is 0 Å². The molecule has 0 aromatic heterocycles. The Morgan fingerprint density at radius 1 is 0.864 bits per heavy atom. The molecule has 1 aliphatic heterocycles. The van der Waals surface area contributed by atoms with Crippen molar-refractivity contribution < 1.29 is 4.48 Å². The molecule has 0 aliphatic carbocycles. The molecule has 1 saturated heterocycles. The fourth-order valence-electron chi connectivity index (χ4n) is 3.37. The van der Waals surface area contributed by atoms with Crippen molar-refractivity contribution in [1.82, 2.24) is 4.90 Å². The molecule has 1 fully saturated rings. The van der Waals surface area contributed by atoms with Gasteiger partial charge >= 0.3 is 0 Å². The van der Waals surface area contributed by atoms with Gasteiger partial charge in [-0.15, -0.1) is 0 Å². The van der Waals surface area contributed by atoms with Crippen LogP contribution in [0.4, 0.5) is 0 Å². The van der Waals surface area contributed by atoms with Crippen LogP contribution in [0.2, 0.25) is 0 Å². The van der Waals surface area contributed by atoms with Crippen molar-refractivity contribution in [2.75, 3.05) is 40.3 Å². The lowest BCUT2D eigenvalue weighted by atomic mass is 9.95. The van der Waals surface area contributed by atoms with Gasteiger partial charge in [0.1, 0.15) is 0 Å². The van der Waals surface area contributed by atoms with Gasteiger partial charge in [-0.05, 0) is 18.1 Å². The maximum Gasteiger partial charge on any atom is 0.0912 e. The second-order valence-electron chi connectivity index (χ2n) is 7.15. The van der Waals surface area contributed by atoms with E-state index < -0.39 is 0 Å². The maximum absolute atomic E-state index is 2.65. The van der Waals surface area contributed by atoms with E-state index >= 15 is 0 Å². The second-order valence-corrected chi connectivity index (χ2v) is 7.15. The van der Waals surface area contributed by atoms with Crippen LogP contribution in [0.5, 0.6) is 0 Å². The Morgan fingerprint density at radius 3 is 2.14 bits per heavy atom. The van der Waals surface area contributed by atoms with Gasteiger partial charge in [0.05, 0.1) is 33.2 Å². The molecule has 1 aliphatic rings. The van der Waals surface area contributed by atoms with E-state index in [1.807, 2.05) is 0 Å². The minimum atomic E-state index is 0.376. The Morgan fingerprint density at radius 2 is 1.50 bits per heavy atom. The number of hydrogen-bond donors (Lipinski definition) is 0. The molecular weight excluding hydrogens is 268 g/mol. The highest BCUT2D eigenvalue weighted by atomic mass is 15.4. The van der Waals surface area contributed by atoms with Gasteiger partial charge in [-0.3, -0.25) is 4.90 Å². The summed E-state index contributed by atoms with van der Waals surface area (Å²) in [4.78, 5) is 2.65. The number of nitrogens with zero attached hydrogens (tertiary/aromatic N) is 2. The Hall–Kier alpha value is -1.64. The SMILES string of the molecule is Cc1cccc(C(c2ccccc2)N2CC[N+](C)(C)CC2)c1. The summed E-state index contributed by atoms with van der Waals surface area (Å²) in [7, 11) is 4.67. The number of aryl methyl sites for hydroxylation is 1. The number of hydrogen-bond acceptors (Lipinski definition) is 1. The van der Waals surface area contributed by atoms with Crippen LogP contribution in [0.15, 0.2) is 54.6 Å². The third-order valence-electron chi connectivity index (χ3n) is 4.82. The Kier molecular flexibility index (Phi) is 4.32. The fourth-order valence-corrected chi connectivity index (χ4v) is 3.37. The molecule has 0 spiro atoms. The minimum Gasteiger partial charge on any atom is -0.326 e. The zero-order valence-electron chi connectivity index (χ0n) is 14.0. The lowest BCUT2D eigenvalue weighted by Crippen LogP contribution is -2.55. The van der Waals surface area contributed by atoms with Crippen LogP contribution in [-0.4, -0.2) is 49.7 Å². The first-order valence-corrected chi connectivity index (χ1v) is 8.23. The number of likely N-dealkylation sites (N-methyl/N-ethyl adjacent to an activating group) is 1. The predicted molar refractivity (Wildman–Crippen MR) is 92.9 cm³/mol. The van der Waals surface area contributed by atoms with Crippen LogP contribution in [0, 0.1) is 6.92 Å². The molecule has 1 atom stereocenters. The van der Waals surface area contributed by atoms with Crippen molar-refractivity contribution in [2.45, 2.75) is 13.0 Å². The third-order valence-corrected chi connectivity index (χ3v) is 4.82. The summed E-state index contributed by atoms with van der Waals surface area (Å²) in [5, 5.41) is 0. The van der Waals surface area contributed by atoms with Crippen LogP contribution in [0.1, 0.15) is 22.7 Å². The van der Waals surface area contributed by atoms with Crippen LogP contribution in [-0.2, 0) is 0 Å². The van der Waals surface area contributed by atoms with E-state index in [1.54, 1.807) is 0 Å². The zero-order valence-corrected chi connectivity index (χ0v) is 14.0. The normalized spacial score (nSPS) is 19.8. The maximum atomic E-state index is 2.65. The van der Waals surface area contributed by atoms with Crippen LogP contribution >= 0.6 is 0 Å². The first-order valence-electron chi connectivity index (χ1n) is 8.23. The molecule has 1 unspecified atom stereocenters. The van der Waals surface area contributed by atoms with Gasteiger partial charge < -0.3 is 4.48 Å². The first kappa shape index (κ1) is 15.3. The minimum absolute atomic E-state index is 0.376. The standard InChI is InChI=1S/C20H27N2/c1-17-8-7-11-19(16-17)20(18-9-5-4-6-10-18)21-12-14-22(2,3)15-13-21/h4-11,16,20H,12-15H2,1-3H3/q+1. The average molecular weight is 295 g/mol. The summed E-state index contributed by atoms with van der Waals surface area (Å²) >= 11 is 0. The highest BCUT2D eigenvalue weighted by molar-refractivity contribution is 5.34. The predicted octanol–water partition coefficient (Wildman–Crippen LogP) is 3.48. The molecule has 22 heavy (non-hydrogen) atoms. The molecule has 1 heterocycles. The highest BCUT2D eigenvalue weighted by Crippen LogP contribution is 2.30. The van der Waals surface area contributed by atoms with Crippen LogP contribution in [0.25, 0.3) is 0 Å². The summed E-state index contributed by atoms with van der Waals surface area (Å²) in [6.45, 7) is 6.92. The van der Waals surface area contributed by atoms with Crippen molar-refractivity contribution in [3.8, 4) is 0 Å². The quantitative estimate of drug-likeness (QED) is 0.784. The summed E-state index contributed by atoms with van der Waals surface area (Å²) in [5.74, 6) is 0. The molecule has 116 valence electrons. The molecule has 3 rings (SSSR count). The lowest BCUT2D eigenvalue weighted by Gasteiger charge is -2.42. The summed E-state index contributed by atoms with van der Waals surface area (Å²) in [6.07, 6.45) is 0. The monoisotopic (exact) mass is 295 g/mol. The Balaban J connectivity index is 1.94. The van der Waals surface area contributed by atoms with Gasteiger partial charge in [0.2, 0.25) is 0 Å². The van der Waals surface area contributed by atoms with Gasteiger partial charge in [-0.25, -0.2) is 0 Å². The average Bonchev–Trinajstić information content (AvgIpc) is 2.50. The number of rotatable bonds is 3. The fraction of sp³-hybridized carbons (Fsp3) is 0.400. The molecule has 0 saturated carbocycles. The molecule has 0 radical (unpaired) electrons. The zero-order chi connectivity index (χ0) is 15.6. The summed E-state index contributed by atoms with van der Waals surface area (Å²) < 4.78 is 1.13. The Labute approximate surface area is 134 Å². The molecule has 0 amide bonds. The van der Waals surface area contributed by atoms with E-state index in [0.717, 1.165) is 17.6 Å². The second kappa shape index (κ2) is 6.23. The van der Waals surface area contributed by atoms with E-state index in [9.17, 15) is 0 Å². The van der Waals surface area contributed by atoms with Crippen molar-refractivity contribution >= 4 is 0 Å². The van der Waals surface area contributed by atoms with Gasteiger partial charge in [0, 0.05) is 13.1 Å². The van der Waals surface area contributed by atoms with Crippen LogP contribution < -0.4 is 0 Å². The molecule has 2 aromatic carbocycles. The van der Waals surface area contributed by atoms with E-state index in [4.69, 9.17) is 0 Å². The topological polar surface area (TPSA) is 3.24 Å². The molecular formula is C20H27N2+. The van der Waals surface area contributed by atoms with Crippen molar-refractivity contribution in [3.63, 3.8) is 0 Å². The molecule has 2 nitrogen and oxygen atoms in total. The lowest BCUT2D eigenvalue weighted by molar-refractivity contribution is -0.894. The van der Waals surface area contributed by atoms with E-state index in [1.165, 1.54) is 29.8 Å². The molecule has 2 heteroatoms. The van der Waals surface area contributed by atoms with Gasteiger partial charge in [0.25, 0.3) is 0 Å². The van der Waals surface area contributed by atoms with Crippen molar-refractivity contribution in [2.24, 2.45) is 0 Å². The highest BCUT2D eigenvalue weighted by Gasteiger charge is 2.30. The van der Waals surface area contributed by atoms with Crippen molar-refractivity contribution in [3.05, 3.63) is 71.3 Å². The van der Waals surface area contributed by atoms with Crippen LogP contribution in [0.3, 0.4) is 0 Å². The molecule has 0 N–H and O–H groups in total. The molecule has 2 aromatic rings. The van der Waals surface area contributed by atoms with E-state index in [2.05, 4.69) is 80.5 Å². The number of quaternary nitrogens is 1. The largest absolute Gasteiger partial charge is 0.326 e.